The summed E-state index contributed by atoms with van der Waals surface area (Å²) in [5.41, 5.74) is 2.28. The maximum Gasteiger partial charge on any atom is 0.308 e. The lowest BCUT2D eigenvalue weighted by molar-refractivity contribution is -0.142. The van der Waals surface area contributed by atoms with Gasteiger partial charge in [0.1, 0.15) is 0 Å². The molecular formula is C15H20BrNO2. The molecule has 0 amide bonds. The number of carbonyl (C=O) groups is 1. The Morgan fingerprint density at radius 1 is 1.47 bits per heavy atom. The smallest absolute Gasteiger partial charge is 0.308 e. The molecule has 1 unspecified atom stereocenters. The second kappa shape index (κ2) is 5.16. The van der Waals surface area contributed by atoms with E-state index in [0.29, 0.717) is 6.54 Å². The highest BCUT2D eigenvalue weighted by atomic mass is 79.9. The Kier molecular flexibility index (Phi) is 3.90. The van der Waals surface area contributed by atoms with Crippen LogP contribution in [0.2, 0.25) is 0 Å². The predicted octanol–water partition coefficient (Wildman–Crippen LogP) is 3.84. The molecule has 1 heterocycles. The standard InChI is InChI=1S/C15H20BrNO2/c1-10-4-5-12(8-13(10)16)17-9-11(14(18)19)6-7-15(17,2)3/h4-5,8,11H,6-7,9H2,1-3H3,(H,18,19). The summed E-state index contributed by atoms with van der Waals surface area (Å²) in [4.78, 5) is 13.4. The molecule has 0 radical (unpaired) electrons. The van der Waals surface area contributed by atoms with Gasteiger partial charge in [-0.3, -0.25) is 4.79 Å². The molecule has 3 nitrogen and oxygen atoms in total. The average Bonchev–Trinajstić information content (AvgIpc) is 2.32. The molecule has 1 aliphatic rings. The fraction of sp³-hybridized carbons (Fsp3) is 0.533. The molecule has 1 aromatic rings. The minimum absolute atomic E-state index is 0.000643. The third-order valence-corrected chi connectivity index (χ3v) is 4.91. The summed E-state index contributed by atoms with van der Waals surface area (Å²) in [6, 6.07) is 6.23. The van der Waals surface area contributed by atoms with Gasteiger partial charge in [0.15, 0.2) is 0 Å². The Labute approximate surface area is 122 Å². The summed E-state index contributed by atoms with van der Waals surface area (Å²) in [6.45, 7) is 6.99. The number of hydrogen-bond donors (Lipinski definition) is 1. The fourth-order valence-corrected chi connectivity index (χ4v) is 2.99. The molecule has 4 heteroatoms. The first-order chi connectivity index (χ1) is 8.81. The van der Waals surface area contributed by atoms with Crippen LogP contribution in [0.3, 0.4) is 0 Å². The summed E-state index contributed by atoms with van der Waals surface area (Å²) >= 11 is 3.55. The molecule has 0 aliphatic carbocycles. The number of benzene rings is 1. The van der Waals surface area contributed by atoms with E-state index in [9.17, 15) is 9.90 Å². The zero-order valence-corrected chi connectivity index (χ0v) is 13.2. The predicted molar refractivity (Wildman–Crippen MR) is 80.7 cm³/mol. The normalized spacial score (nSPS) is 22.3. The van der Waals surface area contributed by atoms with Gasteiger partial charge in [-0.2, -0.15) is 0 Å². The number of nitrogens with zero attached hydrogens (tertiary/aromatic N) is 1. The molecule has 19 heavy (non-hydrogen) atoms. The van der Waals surface area contributed by atoms with Gasteiger partial charge in [-0.05, 0) is 51.3 Å². The third kappa shape index (κ3) is 2.94. The first kappa shape index (κ1) is 14.4. The second-order valence-electron chi connectivity index (χ2n) is 5.93. The Hall–Kier alpha value is -1.03. The van der Waals surface area contributed by atoms with Crippen molar-refractivity contribution in [3.63, 3.8) is 0 Å². The Morgan fingerprint density at radius 3 is 2.74 bits per heavy atom. The van der Waals surface area contributed by atoms with Crippen LogP contribution in [0.25, 0.3) is 0 Å². The molecule has 1 N–H and O–H groups in total. The van der Waals surface area contributed by atoms with E-state index >= 15 is 0 Å². The molecule has 1 aliphatic heterocycles. The van der Waals surface area contributed by atoms with E-state index in [1.54, 1.807) is 0 Å². The maximum absolute atomic E-state index is 11.2. The van der Waals surface area contributed by atoms with Crippen LogP contribution in [-0.2, 0) is 4.79 Å². The molecule has 0 saturated carbocycles. The first-order valence-corrected chi connectivity index (χ1v) is 7.37. The largest absolute Gasteiger partial charge is 0.481 e. The number of aryl methyl sites for hydroxylation is 1. The van der Waals surface area contributed by atoms with E-state index < -0.39 is 5.97 Å². The Bertz CT molecular complexity index is 499. The quantitative estimate of drug-likeness (QED) is 0.898. The van der Waals surface area contributed by atoms with Crippen LogP contribution in [0.1, 0.15) is 32.3 Å². The SMILES string of the molecule is Cc1ccc(N2CC(C(=O)O)CCC2(C)C)cc1Br. The molecule has 104 valence electrons. The lowest BCUT2D eigenvalue weighted by Gasteiger charge is -2.46. The molecule has 1 atom stereocenters. The maximum atomic E-state index is 11.2. The summed E-state index contributed by atoms with van der Waals surface area (Å²) in [5.74, 6) is -0.959. The summed E-state index contributed by atoms with van der Waals surface area (Å²) in [7, 11) is 0. The number of piperidine rings is 1. The second-order valence-corrected chi connectivity index (χ2v) is 6.78. The van der Waals surface area contributed by atoms with Crippen molar-refractivity contribution >= 4 is 27.6 Å². The van der Waals surface area contributed by atoms with Gasteiger partial charge < -0.3 is 10.0 Å². The average molecular weight is 326 g/mol. The molecule has 1 aromatic carbocycles. The van der Waals surface area contributed by atoms with Gasteiger partial charge in [0, 0.05) is 22.2 Å². The van der Waals surface area contributed by atoms with Crippen LogP contribution in [0.5, 0.6) is 0 Å². The molecule has 0 spiro atoms. The number of rotatable bonds is 2. The number of aliphatic carboxylic acids is 1. The number of carboxylic acid groups (broad SMARTS) is 1. The van der Waals surface area contributed by atoms with Crippen molar-refractivity contribution in [1.29, 1.82) is 0 Å². The van der Waals surface area contributed by atoms with Crippen LogP contribution in [0.4, 0.5) is 5.69 Å². The highest BCUT2D eigenvalue weighted by Gasteiger charge is 2.37. The van der Waals surface area contributed by atoms with Gasteiger partial charge in [0.05, 0.1) is 5.92 Å². The summed E-state index contributed by atoms with van der Waals surface area (Å²) in [5, 5.41) is 9.24. The molecular weight excluding hydrogens is 306 g/mol. The molecule has 0 bridgehead atoms. The van der Waals surface area contributed by atoms with E-state index in [4.69, 9.17) is 0 Å². The number of anilines is 1. The summed E-state index contributed by atoms with van der Waals surface area (Å²) < 4.78 is 1.07. The van der Waals surface area contributed by atoms with Crippen molar-refractivity contribution in [3.8, 4) is 0 Å². The van der Waals surface area contributed by atoms with E-state index in [1.165, 1.54) is 5.56 Å². The highest BCUT2D eigenvalue weighted by molar-refractivity contribution is 9.10. The van der Waals surface area contributed by atoms with Crippen molar-refractivity contribution in [2.45, 2.75) is 39.2 Å². The van der Waals surface area contributed by atoms with E-state index in [1.807, 2.05) is 0 Å². The van der Waals surface area contributed by atoms with E-state index in [0.717, 1.165) is 23.0 Å². The topological polar surface area (TPSA) is 40.5 Å². The monoisotopic (exact) mass is 325 g/mol. The highest BCUT2D eigenvalue weighted by Crippen LogP contribution is 2.36. The number of halogens is 1. The van der Waals surface area contributed by atoms with Crippen molar-refractivity contribution in [1.82, 2.24) is 0 Å². The lowest BCUT2D eigenvalue weighted by Crippen LogP contribution is -2.52. The zero-order valence-electron chi connectivity index (χ0n) is 11.6. The minimum atomic E-state index is -0.688. The van der Waals surface area contributed by atoms with Crippen molar-refractivity contribution < 1.29 is 9.90 Å². The van der Waals surface area contributed by atoms with Gasteiger partial charge >= 0.3 is 5.97 Å². The zero-order chi connectivity index (χ0) is 14.2. The molecule has 2 rings (SSSR count). The van der Waals surface area contributed by atoms with Crippen LogP contribution in [0.15, 0.2) is 22.7 Å². The van der Waals surface area contributed by atoms with Gasteiger partial charge in [0.2, 0.25) is 0 Å². The number of carboxylic acids is 1. The van der Waals surface area contributed by atoms with Crippen LogP contribution in [-0.4, -0.2) is 23.2 Å². The van der Waals surface area contributed by atoms with Gasteiger partial charge in [0.25, 0.3) is 0 Å². The van der Waals surface area contributed by atoms with Crippen LogP contribution < -0.4 is 4.90 Å². The Morgan fingerprint density at radius 2 is 2.16 bits per heavy atom. The summed E-state index contributed by atoms with van der Waals surface area (Å²) in [6.07, 6.45) is 1.65. The van der Waals surface area contributed by atoms with Crippen molar-refractivity contribution in [2.24, 2.45) is 5.92 Å². The van der Waals surface area contributed by atoms with Crippen LogP contribution in [0, 0.1) is 12.8 Å². The molecule has 1 saturated heterocycles. The van der Waals surface area contributed by atoms with Crippen LogP contribution >= 0.6 is 15.9 Å². The minimum Gasteiger partial charge on any atom is -0.481 e. The first-order valence-electron chi connectivity index (χ1n) is 6.58. The molecule has 1 fully saturated rings. The van der Waals surface area contributed by atoms with Gasteiger partial charge in [-0.25, -0.2) is 0 Å². The van der Waals surface area contributed by atoms with Gasteiger partial charge in [-0.1, -0.05) is 22.0 Å². The van der Waals surface area contributed by atoms with E-state index in [2.05, 4.69) is 59.8 Å². The fourth-order valence-electron chi connectivity index (χ4n) is 2.63. The van der Waals surface area contributed by atoms with Crippen molar-refractivity contribution in [2.75, 3.05) is 11.4 Å². The Balaban J connectivity index is 2.32. The number of hydrogen-bond acceptors (Lipinski definition) is 2. The van der Waals surface area contributed by atoms with Gasteiger partial charge in [-0.15, -0.1) is 0 Å². The lowest BCUT2D eigenvalue weighted by atomic mass is 9.84. The third-order valence-electron chi connectivity index (χ3n) is 4.05. The van der Waals surface area contributed by atoms with Crippen molar-refractivity contribution in [3.05, 3.63) is 28.2 Å². The molecule has 0 aromatic heterocycles. The van der Waals surface area contributed by atoms with E-state index in [-0.39, 0.29) is 11.5 Å².